The van der Waals surface area contributed by atoms with E-state index in [9.17, 15) is 4.79 Å². The molecule has 3 heteroatoms. The Morgan fingerprint density at radius 2 is 1.60 bits per heavy atom. The number of rotatable bonds is 2. The van der Waals surface area contributed by atoms with E-state index in [1.165, 1.54) is 0 Å². The maximum absolute atomic E-state index is 12.4. The topological polar surface area (TPSA) is 29.1 Å². The van der Waals surface area contributed by atoms with Crippen molar-refractivity contribution < 1.29 is 4.79 Å². The van der Waals surface area contributed by atoms with Crippen LogP contribution in [-0.4, -0.2) is 11.4 Å². The van der Waals surface area contributed by atoms with Gasteiger partial charge in [0.25, 0.3) is 5.91 Å². The van der Waals surface area contributed by atoms with E-state index in [1.54, 1.807) is 0 Å². The lowest BCUT2D eigenvalue weighted by molar-refractivity contribution is 0.0920. The first-order chi connectivity index (χ1) is 9.37. The van der Waals surface area contributed by atoms with Gasteiger partial charge in [0.2, 0.25) is 0 Å². The Bertz CT molecular complexity index is 612. The standard InChI is InChI=1S/C17H18ClNO/c1-17(2,3)19-16(20)15-7-5-4-6-14(15)12-8-10-13(18)11-9-12/h4-11H,1-3H3,(H,19,20). The Kier molecular flexibility index (Phi) is 4.15. The quantitative estimate of drug-likeness (QED) is 0.863. The largest absolute Gasteiger partial charge is 0.347 e. The third kappa shape index (κ3) is 3.61. The number of hydrogen-bond acceptors (Lipinski definition) is 1. The number of halogens is 1. The van der Waals surface area contributed by atoms with Crippen LogP contribution >= 0.6 is 11.6 Å². The zero-order chi connectivity index (χ0) is 14.8. The van der Waals surface area contributed by atoms with E-state index in [0.717, 1.165) is 11.1 Å². The van der Waals surface area contributed by atoms with Gasteiger partial charge in [0.15, 0.2) is 0 Å². The minimum atomic E-state index is -0.260. The highest BCUT2D eigenvalue weighted by Crippen LogP contribution is 2.25. The van der Waals surface area contributed by atoms with E-state index in [2.05, 4.69) is 5.32 Å². The van der Waals surface area contributed by atoms with Gasteiger partial charge in [-0.25, -0.2) is 0 Å². The summed E-state index contributed by atoms with van der Waals surface area (Å²) in [6.07, 6.45) is 0. The first-order valence-corrected chi connectivity index (χ1v) is 6.92. The summed E-state index contributed by atoms with van der Waals surface area (Å²) in [5.74, 6) is -0.0666. The molecule has 0 fully saturated rings. The third-order valence-electron chi connectivity index (χ3n) is 2.82. The van der Waals surface area contributed by atoms with Gasteiger partial charge in [0.05, 0.1) is 0 Å². The van der Waals surface area contributed by atoms with Crippen LogP contribution in [0.25, 0.3) is 11.1 Å². The highest BCUT2D eigenvalue weighted by molar-refractivity contribution is 6.30. The second-order valence-electron chi connectivity index (χ2n) is 5.76. The number of benzene rings is 2. The summed E-state index contributed by atoms with van der Waals surface area (Å²) >= 11 is 5.91. The second kappa shape index (κ2) is 5.68. The molecule has 0 aliphatic heterocycles. The van der Waals surface area contributed by atoms with Crippen LogP contribution in [0.4, 0.5) is 0 Å². The molecule has 2 rings (SSSR count). The minimum absolute atomic E-state index is 0.0666. The van der Waals surface area contributed by atoms with Gasteiger partial charge in [0, 0.05) is 16.1 Å². The highest BCUT2D eigenvalue weighted by Gasteiger charge is 2.18. The van der Waals surface area contributed by atoms with E-state index < -0.39 is 0 Å². The molecule has 0 spiro atoms. The van der Waals surface area contributed by atoms with Crippen LogP contribution in [0, 0.1) is 0 Å². The smallest absolute Gasteiger partial charge is 0.252 e. The fraction of sp³-hybridized carbons (Fsp3) is 0.235. The fourth-order valence-electron chi connectivity index (χ4n) is 1.97. The first kappa shape index (κ1) is 14.6. The lowest BCUT2D eigenvalue weighted by atomic mass is 9.98. The number of nitrogens with one attached hydrogen (secondary N) is 1. The van der Waals surface area contributed by atoms with Gasteiger partial charge in [-0.2, -0.15) is 0 Å². The van der Waals surface area contributed by atoms with E-state index >= 15 is 0 Å². The maximum Gasteiger partial charge on any atom is 0.252 e. The van der Waals surface area contributed by atoms with Gasteiger partial charge in [0.1, 0.15) is 0 Å². The van der Waals surface area contributed by atoms with Crippen molar-refractivity contribution >= 4 is 17.5 Å². The fourth-order valence-corrected chi connectivity index (χ4v) is 2.10. The monoisotopic (exact) mass is 287 g/mol. The Labute approximate surface area is 124 Å². The Balaban J connectivity index is 2.40. The van der Waals surface area contributed by atoms with E-state index in [-0.39, 0.29) is 11.4 Å². The van der Waals surface area contributed by atoms with Crippen LogP contribution in [0.5, 0.6) is 0 Å². The van der Waals surface area contributed by atoms with Crippen LogP contribution in [0.3, 0.4) is 0 Å². The maximum atomic E-state index is 12.4. The molecule has 2 aromatic rings. The summed E-state index contributed by atoms with van der Waals surface area (Å²) in [5.41, 5.74) is 2.30. The molecule has 1 N–H and O–H groups in total. The molecule has 20 heavy (non-hydrogen) atoms. The molecule has 1 amide bonds. The van der Waals surface area contributed by atoms with Crippen molar-refractivity contribution in [3.63, 3.8) is 0 Å². The molecule has 2 nitrogen and oxygen atoms in total. The van der Waals surface area contributed by atoms with Crippen molar-refractivity contribution in [2.45, 2.75) is 26.3 Å². The van der Waals surface area contributed by atoms with Gasteiger partial charge < -0.3 is 5.32 Å². The average molecular weight is 288 g/mol. The van der Waals surface area contributed by atoms with Crippen LogP contribution in [0.2, 0.25) is 5.02 Å². The van der Waals surface area contributed by atoms with E-state index in [1.807, 2.05) is 69.3 Å². The van der Waals surface area contributed by atoms with Gasteiger partial charge in [-0.15, -0.1) is 0 Å². The molecule has 0 atom stereocenters. The third-order valence-corrected chi connectivity index (χ3v) is 3.07. The Morgan fingerprint density at radius 3 is 2.20 bits per heavy atom. The zero-order valence-electron chi connectivity index (χ0n) is 11.9. The summed E-state index contributed by atoms with van der Waals surface area (Å²) in [6.45, 7) is 5.90. The second-order valence-corrected chi connectivity index (χ2v) is 6.19. The van der Waals surface area contributed by atoms with Gasteiger partial charge in [-0.3, -0.25) is 4.79 Å². The minimum Gasteiger partial charge on any atom is -0.347 e. The number of carbonyl (C=O) groups is 1. The molecule has 0 aliphatic carbocycles. The molecule has 0 aromatic heterocycles. The van der Waals surface area contributed by atoms with Crippen molar-refractivity contribution in [3.8, 4) is 11.1 Å². The Hall–Kier alpha value is -1.80. The lowest BCUT2D eigenvalue weighted by Crippen LogP contribution is -2.40. The Morgan fingerprint density at radius 1 is 1.00 bits per heavy atom. The summed E-state index contributed by atoms with van der Waals surface area (Å²) in [7, 11) is 0. The lowest BCUT2D eigenvalue weighted by Gasteiger charge is -2.21. The molecule has 0 saturated heterocycles. The molecule has 0 unspecified atom stereocenters. The molecule has 2 aromatic carbocycles. The van der Waals surface area contributed by atoms with Crippen molar-refractivity contribution in [2.24, 2.45) is 0 Å². The molecule has 0 bridgehead atoms. The molecule has 104 valence electrons. The van der Waals surface area contributed by atoms with Crippen molar-refractivity contribution in [1.29, 1.82) is 0 Å². The molecule has 0 saturated carbocycles. The number of carbonyl (C=O) groups excluding carboxylic acids is 1. The van der Waals surface area contributed by atoms with Crippen molar-refractivity contribution in [3.05, 3.63) is 59.1 Å². The van der Waals surface area contributed by atoms with E-state index in [0.29, 0.717) is 10.6 Å². The van der Waals surface area contributed by atoms with Crippen LogP contribution in [0.1, 0.15) is 31.1 Å². The van der Waals surface area contributed by atoms with Gasteiger partial charge in [-0.1, -0.05) is 41.9 Å². The summed E-state index contributed by atoms with van der Waals surface area (Å²) in [5, 5.41) is 3.68. The van der Waals surface area contributed by atoms with Gasteiger partial charge in [-0.05, 0) is 50.1 Å². The first-order valence-electron chi connectivity index (χ1n) is 6.54. The number of amides is 1. The molecule has 0 radical (unpaired) electrons. The summed E-state index contributed by atoms with van der Waals surface area (Å²) < 4.78 is 0. The average Bonchev–Trinajstić information content (AvgIpc) is 2.38. The number of hydrogen-bond donors (Lipinski definition) is 1. The van der Waals surface area contributed by atoms with Crippen LogP contribution in [-0.2, 0) is 0 Å². The summed E-state index contributed by atoms with van der Waals surface area (Å²) in [4.78, 5) is 12.4. The van der Waals surface area contributed by atoms with Crippen molar-refractivity contribution in [1.82, 2.24) is 5.32 Å². The normalized spacial score (nSPS) is 11.2. The highest BCUT2D eigenvalue weighted by atomic mass is 35.5. The SMILES string of the molecule is CC(C)(C)NC(=O)c1ccccc1-c1ccc(Cl)cc1. The van der Waals surface area contributed by atoms with Crippen LogP contribution < -0.4 is 5.32 Å². The predicted molar refractivity (Wildman–Crippen MR) is 84.1 cm³/mol. The van der Waals surface area contributed by atoms with Crippen molar-refractivity contribution in [2.75, 3.05) is 0 Å². The molecular formula is C17H18ClNO. The predicted octanol–water partition coefficient (Wildman–Crippen LogP) is 4.54. The van der Waals surface area contributed by atoms with Crippen LogP contribution in [0.15, 0.2) is 48.5 Å². The zero-order valence-corrected chi connectivity index (χ0v) is 12.7. The molecular weight excluding hydrogens is 270 g/mol. The van der Waals surface area contributed by atoms with E-state index in [4.69, 9.17) is 11.6 Å². The summed E-state index contributed by atoms with van der Waals surface area (Å²) in [6, 6.07) is 15.1. The molecule has 0 aliphatic rings. The molecule has 0 heterocycles. The van der Waals surface area contributed by atoms with Gasteiger partial charge >= 0.3 is 0 Å².